The van der Waals surface area contributed by atoms with Crippen molar-refractivity contribution >= 4 is 5.97 Å². The number of allylic oxidation sites excluding steroid dienone is 8. The Labute approximate surface area is 97.7 Å². The number of carboxylic acids is 1. The van der Waals surface area contributed by atoms with Crippen LogP contribution in [0.2, 0.25) is 0 Å². The summed E-state index contributed by atoms with van der Waals surface area (Å²) in [5.41, 5.74) is 0. The first kappa shape index (κ1) is 14.4. The van der Waals surface area contributed by atoms with Crippen LogP contribution in [0, 0.1) is 0 Å². The minimum absolute atomic E-state index is 0.292. The van der Waals surface area contributed by atoms with E-state index in [1.807, 2.05) is 6.92 Å². The van der Waals surface area contributed by atoms with Crippen molar-refractivity contribution in [3.05, 3.63) is 48.6 Å². The van der Waals surface area contributed by atoms with Crippen LogP contribution < -0.4 is 0 Å². The quantitative estimate of drug-likeness (QED) is 0.766. The van der Waals surface area contributed by atoms with Crippen molar-refractivity contribution in [2.45, 2.75) is 32.6 Å². The lowest BCUT2D eigenvalue weighted by molar-refractivity contribution is -0.137. The summed E-state index contributed by atoms with van der Waals surface area (Å²) < 4.78 is 0. The lowest BCUT2D eigenvalue weighted by atomic mass is 10.4. The van der Waals surface area contributed by atoms with Crippen molar-refractivity contribution in [1.82, 2.24) is 0 Å². The number of hydrogen-bond acceptors (Lipinski definition) is 1. The fraction of sp³-hybridized carbons (Fsp3) is 0.357. The van der Waals surface area contributed by atoms with E-state index in [1.54, 1.807) is 0 Å². The molecule has 0 aliphatic heterocycles. The van der Waals surface area contributed by atoms with Crippen LogP contribution >= 0.6 is 0 Å². The van der Waals surface area contributed by atoms with E-state index in [1.165, 1.54) is 0 Å². The van der Waals surface area contributed by atoms with E-state index in [0.29, 0.717) is 6.42 Å². The maximum absolute atomic E-state index is 9.60. The summed E-state index contributed by atoms with van der Waals surface area (Å²) in [4.78, 5) is 9.60. The monoisotopic (exact) mass is 220 g/mol. The molecule has 0 heterocycles. The van der Waals surface area contributed by atoms with E-state index in [0.717, 1.165) is 19.3 Å². The molecule has 0 atom stereocenters. The molecule has 0 bridgehead atoms. The molecule has 0 amide bonds. The zero-order valence-electron chi connectivity index (χ0n) is 9.80. The molecule has 0 aromatic rings. The maximum Gasteiger partial charge on any atom is 0.303 e. The Morgan fingerprint density at radius 2 is 1.38 bits per heavy atom. The summed E-state index contributed by atoms with van der Waals surface area (Å²) in [7, 11) is 0. The number of rotatable bonds is 2. The normalized spacial score (nSPS) is 14.1. The Morgan fingerprint density at radius 3 is 1.44 bits per heavy atom. The van der Waals surface area contributed by atoms with Gasteiger partial charge in [0.1, 0.15) is 0 Å². The molecule has 88 valence electrons. The molecule has 0 radical (unpaired) electrons. The average Bonchev–Trinajstić information content (AvgIpc) is 2.98. The van der Waals surface area contributed by atoms with Gasteiger partial charge >= 0.3 is 5.97 Å². The van der Waals surface area contributed by atoms with Crippen molar-refractivity contribution < 1.29 is 9.90 Å². The van der Waals surface area contributed by atoms with Gasteiger partial charge in [-0.3, -0.25) is 4.79 Å². The first-order valence-corrected chi connectivity index (χ1v) is 5.62. The smallest absolute Gasteiger partial charge is 0.303 e. The molecule has 2 heteroatoms. The Bertz CT molecular complexity index is 241. The minimum atomic E-state index is -0.711. The second-order valence-electron chi connectivity index (χ2n) is 3.33. The molecule has 0 saturated carbocycles. The van der Waals surface area contributed by atoms with Gasteiger partial charge in [0, 0.05) is 6.42 Å². The van der Waals surface area contributed by atoms with E-state index >= 15 is 0 Å². The predicted octanol–water partition coefficient (Wildman–Crippen LogP) is 3.88. The molecule has 2 aliphatic rings. The summed E-state index contributed by atoms with van der Waals surface area (Å²) in [6.07, 6.45) is 20.0. The van der Waals surface area contributed by atoms with E-state index in [-0.39, 0.29) is 0 Å². The van der Waals surface area contributed by atoms with Gasteiger partial charge in [-0.15, -0.1) is 0 Å². The fourth-order valence-corrected chi connectivity index (χ4v) is 1.000. The Kier molecular flexibility index (Phi) is 10.4. The van der Waals surface area contributed by atoms with Gasteiger partial charge in [-0.25, -0.2) is 0 Å². The first-order chi connectivity index (χ1) is 7.77. The van der Waals surface area contributed by atoms with E-state index < -0.39 is 5.97 Å². The maximum atomic E-state index is 9.60. The number of aliphatic carboxylic acids is 1. The fourth-order valence-electron chi connectivity index (χ4n) is 1.000. The van der Waals surface area contributed by atoms with Gasteiger partial charge in [0.2, 0.25) is 0 Å². The summed E-state index contributed by atoms with van der Waals surface area (Å²) in [5.74, 6) is -0.711. The zero-order valence-corrected chi connectivity index (χ0v) is 9.80. The van der Waals surface area contributed by atoms with Crippen molar-refractivity contribution in [1.29, 1.82) is 0 Å². The SMILES string of the molecule is C1=CCC=C1.C1=CCC=C1.CCCC(=O)O. The van der Waals surface area contributed by atoms with Gasteiger partial charge in [-0.05, 0) is 19.3 Å². The van der Waals surface area contributed by atoms with Crippen LogP contribution in [0.25, 0.3) is 0 Å². The third kappa shape index (κ3) is 12.4. The van der Waals surface area contributed by atoms with Crippen molar-refractivity contribution in [2.75, 3.05) is 0 Å². The third-order valence-corrected chi connectivity index (χ3v) is 1.77. The van der Waals surface area contributed by atoms with Gasteiger partial charge in [-0.2, -0.15) is 0 Å². The molecule has 2 rings (SSSR count). The molecule has 0 spiro atoms. The lowest BCUT2D eigenvalue weighted by Gasteiger charge is -1.79. The van der Waals surface area contributed by atoms with E-state index in [9.17, 15) is 4.79 Å². The molecule has 1 N–H and O–H groups in total. The highest BCUT2D eigenvalue weighted by molar-refractivity contribution is 5.66. The molecule has 0 unspecified atom stereocenters. The second kappa shape index (κ2) is 11.5. The highest BCUT2D eigenvalue weighted by atomic mass is 16.4. The van der Waals surface area contributed by atoms with Gasteiger partial charge in [0.05, 0.1) is 0 Å². The van der Waals surface area contributed by atoms with Crippen molar-refractivity contribution in [2.24, 2.45) is 0 Å². The lowest BCUT2D eigenvalue weighted by Crippen LogP contribution is -1.90. The molecule has 0 fully saturated rings. The van der Waals surface area contributed by atoms with Gasteiger partial charge < -0.3 is 5.11 Å². The topological polar surface area (TPSA) is 37.3 Å². The van der Waals surface area contributed by atoms with Crippen LogP contribution in [0.3, 0.4) is 0 Å². The number of carbonyl (C=O) groups is 1. The third-order valence-electron chi connectivity index (χ3n) is 1.77. The molecular weight excluding hydrogens is 200 g/mol. The van der Waals surface area contributed by atoms with Gasteiger partial charge in [0.25, 0.3) is 0 Å². The number of carboxylic acid groups (broad SMARTS) is 1. The second-order valence-corrected chi connectivity index (χ2v) is 3.33. The zero-order chi connectivity index (χ0) is 12.1. The molecule has 2 aliphatic carbocycles. The highest BCUT2D eigenvalue weighted by Gasteiger charge is 1.87. The Hall–Kier alpha value is -1.57. The van der Waals surface area contributed by atoms with Crippen LogP contribution in [0.1, 0.15) is 32.6 Å². The van der Waals surface area contributed by atoms with Crippen LogP contribution in [0.15, 0.2) is 48.6 Å². The van der Waals surface area contributed by atoms with Crippen molar-refractivity contribution in [3.8, 4) is 0 Å². The van der Waals surface area contributed by atoms with E-state index in [2.05, 4.69) is 48.6 Å². The van der Waals surface area contributed by atoms with Crippen LogP contribution in [0.5, 0.6) is 0 Å². The summed E-state index contributed by atoms with van der Waals surface area (Å²) >= 11 is 0. The van der Waals surface area contributed by atoms with Gasteiger partial charge in [-0.1, -0.05) is 55.5 Å². The molecule has 0 aromatic carbocycles. The average molecular weight is 220 g/mol. The first-order valence-electron chi connectivity index (χ1n) is 5.62. The minimum Gasteiger partial charge on any atom is -0.481 e. The van der Waals surface area contributed by atoms with Crippen LogP contribution in [0.4, 0.5) is 0 Å². The molecule has 0 saturated heterocycles. The van der Waals surface area contributed by atoms with Crippen molar-refractivity contribution in [3.63, 3.8) is 0 Å². The van der Waals surface area contributed by atoms with Crippen LogP contribution in [-0.4, -0.2) is 11.1 Å². The Morgan fingerprint density at radius 1 is 1.00 bits per heavy atom. The predicted molar refractivity (Wildman–Crippen MR) is 68.3 cm³/mol. The number of hydrogen-bond donors (Lipinski definition) is 1. The molecule has 16 heavy (non-hydrogen) atoms. The molecular formula is C14H20O2. The Balaban J connectivity index is 0.000000211. The standard InChI is InChI=1S/2C5H6.C4H8O2/c2*1-2-4-5-3-1;1-2-3-4(5)6/h2*1-4H,5H2;2-3H2,1H3,(H,5,6). The summed E-state index contributed by atoms with van der Waals surface area (Å²) in [6, 6.07) is 0. The van der Waals surface area contributed by atoms with Gasteiger partial charge in [0.15, 0.2) is 0 Å². The molecule has 0 aromatic heterocycles. The summed E-state index contributed by atoms with van der Waals surface area (Å²) in [5, 5.41) is 7.91. The van der Waals surface area contributed by atoms with Crippen LogP contribution in [-0.2, 0) is 4.79 Å². The summed E-state index contributed by atoms with van der Waals surface area (Å²) in [6.45, 7) is 1.84. The highest BCUT2D eigenvalue weighted by Crippen LogP contribution is 1.93. The largest absolute Gasteiger partial charge is 0.481 e. The van der Waals surface area contributed by atoms with E-state index in [4.69, 9.17) is 5.11 Å². The molecule has 2 nitrogen and oxygen atoms in total.